The second kappa shape index (κ2) is 5.89. The maximum absolute atomic E-state index is 5.56. The van der Waals surface area contributed by atoms with E-state index in [4.69, 9.17) is 11.6 Å². The summed E-state index contributed by atoms with van der Waals surface area (Å²) in [6.07, 6.45) is 5.67. The fourth-order valence-corrected chi connectivity index (χ4v) is 0.836. The first-order valence-electron chi connectivity index (χ1n) is 2.78. The van der Waals surface area contributed by atoms with Crippen LogP contribution in [-0.2, 0) is 0 Å². The molecule has 0 amide bonds. The lowest BCUT2D eigenvalue weighted by Crippen LogP contribution is -1.65. The minimum Gasteiger partial charge on any atom is -0.0775 e. The molecule has 8 heavy (non-hydrogen) atoms. The first-order valence-corrected chi connectivity index (χ1v) is 4.24. The van der Waals surface area contributed by atoms with Gasteiger partial charge in [-0.1, -0.05) is 37.4 Å². The zero-order chi connectivity index (χ0) is 6.41. The average Bonchev–Trinajstić information content (AvgIpc) is 1.66. The van der Waals surface area contributed by atoms with Gasteiger partial charge >= 0.3 is 0 Å². The molecule has 0 aromatic carbocycles. The maximum atomic E-state index is 5.56. The van der Waals surface area contributed by atoms with E-state index in [-0.39, 0.29) is 0 Å². The fraction of sp³-hybridized carbons (Fsp3) is 0.667. The quantitative estimate of drug-likeness (QED) is 0.525. The molecule has 0 N–H and O–H groups in total. The highest BCUT2D eigenvalue weighted by atomic mass is 127. The Bertz CT molecular complexity index is 74.6. The van der Waals surface area contributed by atoms with E-state index in [2.05, 4.69) is 29.5 Å². The van der Waals surface area contributed by atoms with E-state index < -0.39 is 0 Å². The van der Waals surface area contributed by atoms with Crippen LogP contribution in [0.2, 0.25) is 0 Å². The summed E-state index contributed by atoms with van der Waals surface area (Å²) in [6.45, 7) is 2.18. The second-order valence-corrected chi connectivity index (χ2v) is 3.84. The van der Waals surface area contributed by atoms with Crippen molar-refractivity contribution in [3.8, 4) is 0 Å². The summed E-state index contributed by atoms with van der Waals surface area (Å²) in [6, 6.07) is 0. The van der Waals surface area contributed by atoms with Crippen molar-refractivity contribution in [1.29, 1.82) is 0 Å². The Morgan fingerprint density at radius 1 is 1.75 bits per heavy atom. The van der Waals surface area contributed by atoms with Crippen molar-refractivity contribution in [3.05, 3.63) is 9.12 Å². The van der Waals surface area contributed by atoms with E-state index in [0.29, 0.717) is 0 Å². The average molecular weight is 245 g/mol. The third kappa shape index (κ3) is 6.76. The van der Waals surface area contributed by atoms with E-state index in [0.717, 1.165) is 9.46 Å². The minimum atomic E-state index is 0.885. The predicted molar refractivity (Wildman–Crippen MR) is 47.5 cm³/mol. The molecule has 0 aliphatic heterocycles. The summed E-state index contributed by atoms with van der Waals surface area (Å²) in [5.41, 5.74) is 0. The molecular weight excluding hydrogens is 234 g/mol. The van der Waals surface area contributed by atoms with Gasteiger partial charge in [0.25, 0.3) is 0 Å². The van der Waals surface area contributed by atoms with Crippen LogP contribution in [0.25, 0.3) is 0 Å². The van der Waals surface area contributed by atoms with E-state index in [1.807, 2.05) is 6.08 Å². The van der Waals surface area contributed by atoms with E-state index in [1.54, 1.807) is 0 Å². The Morgan fingerprint density at radius 2 is 2.38 bits per heavy atom. The molecule has 0 nitrogen and oxygen atoms in total. The SMILES string of the molecule is CCCCC=C(Cl)I. The summed E-state index contributed by atoms with van der Waals surface area (Å²) >= 11 is 7.67. The van der Waals surface area contributed by atoms with Crippen LogP contribution in [0.4, 0.5) is 0 Å². The van der Waals surface area contributed by atoms with Gasteiger partial charge in [0.05, 0.1) is 3.04 Å². The Kier molecular flexibility index (Phi) is 6.45. The molecule has 0 spiro atoms. The molecule has 0 aliphatic rings. The summed E-state index contributed by atoms with van der Waals surface area (Å²) < 4.78 is 0.885. The van der Waals surface area contributed by atoms with Gasteiger partial charge in [0, 0.05) is 0 Å². The molecule has 0 radical (unpaired) electrons. The lowest BCUT2D eigenvalue weighted by Gasteiger charge is -1.86. The molecule has 2 heteroatoms. The predicted octanol–water partition coefficient (Wildman–Crippen LogP) is 3.69. The Hall–Kier alpha value is 0.760. The van der Waals surface area contributed by atoms with E-state index in [1.165, 1.54) is 12.8 Å². The lowest BCUT2D eigenvalue weighted by atomic mass is 10.2. The van der Waals surface area contributed by atoms with Gasteiger partial charge in [-0.25, -0.2) is 0 Å². The Morgan fingerprint density at radius 3 is 2.75 bits per heavy atom. The van der Waals surface area contributed by atoms with Gasteiger partial charge in [0.1, 0.15) is 0 Å². The molecule has 0 saturated carbocycles. The van der Waals surface area contributed by atoms with Crippen LogP contribution in [0.5, 0.6) is 0 Å². The van der Waals surface area contributed by atoms with Crippen LogP contribution in [0.3, 0.4) is 0 Å². The highest BCUT2D eigenvalue weighted by Crippen LogP contribution is 2.12. The molecule has 0 rings (SSSR count). The molecule has 0 heterocycles. The summed E-state index contributed by atoms with van der Waals surface area (Å²) in [5.74, 6) is 0. The van der Waals surface area contributed by atoms with Gasteiger partial charge in [-0.05, 0) is 29.0 Å². The van der Waals surface area contributed by atoms with Crippen molar-refractivity contribution in [1.82, 2.24) is 0 Å². The third-order valence-corrected chi connectivity index (χ3v) is 1.45. The molecule has 0 fully saturated rings. The number of allylic oxidation sites excluding steroid dienone is 1. The normalized spacial score (nSPS) is 12.1. The molecule has 0 unspecified atom stereocenters. The van der Waals surface area contributed by atoms with Crippen LogP contribution in [0.15, 0.2) is 9.12 Å². The number of unbranched alkanes of at least 4 members (excludes halogenated alkanes) is 2. The molecule has 0 aromatic heterocycles. The van der Waals surface area contributed by atoms with Crippen molar-refractivity contribution >= 4 is 34.2 Å². The zero-order valence-electron chi connectivity index (χ0n) is 4.95. The molecule has 0 aromatic rings. The second-order valence-electron chi connectivity index (χ2n) is 1.64. The Labute approximate surface area is 69.4 Å². The van der Waals surface area contributed by atoms with Gasteiger partial charge in [0.2, 0.25) is 0 Å². The van der Waals surface area contributed by atoms with Crippen LogP contribution in [0.1, 0.15) is 26.2 Å². The van der Waals surface area contributed by atoms with Gasteiger partial charge in [0.15, 0.2) is 0 Å². The molecular formula is C6H10ClI. The fourth-order valence-electron chi connectivity index (χ4n) is 0.415. The van der Waals surface area contributed by atoms with Crippen molar-refractivity contribution in [2.75, 3.05) is 0 Å². The minimum absolute atomic E-state index is 0.885. The number of hydrogen-bond donors (Lipinski definition) is 0. The number of halogens is 2. The molecule has 0 bridgehead atoms. The zero-order valence-corrected chi connectivity index (χ0v) is 7.87. The molecule has 0 aliphatic carbocycles. The van der Waals surface area contributed by atoms with Gasteiger partial charge in [-0.3, -0.25) is 0 Å². The smallest absolute Gasteiger partial charge is 0.0749 e. The van der Waals surface area contributed by atoms with Gasteiger partial charge in [-0.2, -0.15) is 0 Å². The lowest BCUT2D eigenvalue weighted by molar-refractivity contribution is 0.815. The first kappa shape index (κ1) is 8.76. The van der Waals surface area contributed by atoms with Crippen LogP contribution in [-0.4, -0.2) is 0 Å². The van der Waals surface area contributed by atoms with Crippen LogP contribution in [0, 0.1) is 0 Å². The summed E-state index contributed by atoms with van der Waals surface area (Å²) in [5, 5.41) is 0. The number of hydrogen-bond acceptors (Lipinski definition) is 0. The third-order valence-electron chi connectivity index (χ3n) is 0.856. The molecule has 0 saturated heterocycles. The van der Waals surface area contributed by atoms with Gasteiger partial charge < -0.3 is 0 Å². The van der Waals surface area contributed by atoms with Crippen LogP contribution < -0.4 is 0 Å². The Balaban J connectivity index is 3.03. The van der Waals surface area contributed by atoms with E-state index >= 15 is 0 Å². The van der Waals surface area contributed by atoms with E-state index in [9.17, 15) is 0 Å². The van der Waals surface area contributed by atoms with Crippen molar-refractivity contribution in [3.63, 3.8) is 0 Å². The number of rotatable bonds is 3. The standard InChI is InChI=1S/C6H10ClI/c1-2-3-4-5-6(7)8/h5H,2-4H2,1H3. The first-order chi connectivity index (χ1) is 3.77. The van der Waals surface area contributed by atoms with Crippen molar-refractivity contribution < 1.29 is 0 Å². The van der Waals surface area contributed by atoms with Crippen molar-refractivity contribution in [2.45, 2.75) is 26.2 Å². The monoisotopic (exact) mass is 244 g/mol. The van der Waals surface area contributed by atoms with Gasteiger partial charge in [-0.15, -0.1) is 0 Å². The highest BCUT2D eigenvalue weighted by Gasteiger charge is 1.81. The highest BCUT2D eigenvalue weighted by molar-refractivity contribution is 14.1. The summed E-state index contributed by atoms with van der Waals surface area (Å²) in [4.78, 5) is 0. The molecule has 48 valence electrons. The van der Waals surface area contributed by atoms with Crippen molar-refractivity contribution in [2.24, 2.45) is 0 Å². The maximum Gasteiger partial charge on any atom is 0.0749 e. The topological polar surface area (TPSA) is 0 Å². The largest absolute Gasteiger partial charge is 0.0775 e. The molecule has 0 atom stereocenters. The van der Waals surface area contributed by atoms with Crippen LogP contribution >= 0.6 is 34.2 Å². The summed E-state index contributed by atoms with van der Waals surface area (Å²) in [7, 11) is 0.